The molecule has 4 atom stereocenters. The van der Waals surface area contributed by atoms with Crippen molar-refractivity contribution >= 4 is 39.2 Å². The molecule has 11 nitrogen and oxygen atoms in total. The van der Waals surface area contributed by atoms with Gasteiger partial charge in [-0.25, -0.2) is 4.98 Å². The van der Waals surface area contributed by atoms with E-state index in [-0.39, 0.29) is 16.3 Å². The summed E-state index contributed by atoms with van der Waals surface area (Å²) in [7, 11) is 0. The van der Waals surface area contributed by atoms with Crippen LogP contribution in [-0.4, -0.2) is 65.3 Å². The largest absolute Gasteiger partial charge is 0.394 e. The van der Waals surface area contributed by atoms with Gasteiger partial charge in [-0.15, -0.1) is 0 Å². The zero-order valence-electron chi connectivity index (χ0n) is 13.7. The topological polar surface area (TPSA) is 178 Å². The van der Waals surface area contributed by atoms with Crippen LogP contribution in [0.5, 0.6) is 0 Å². The quantitative estimate of drug-likeness (QED) is 0.459. The molecule has 0 unspecified atom stereocenters. The molecule has 140 valence electrons. The molecular formula is C14H16N4O7S. The minimum atomic E-state index is -2.83. The highest BCUT2D eigenvalue weighted by molar-refractivity contribution is 7.16. The lowest BCUT2D eigenvalue weighted by atomic mass is 9.75. The summed E-state index contributed by atoms with van der Waals surface area (Å²) in [5.74, 6) is -2.20. The van der Waals surface area contributed by atoms with Gasteiger partial charge in [0.25, 0.3) is 0 Å². The lowest BCUT2D eigenvalue weighted by molar-refractivity contribution is -0.181. The van der Waals surface area contributed by atoms with E-state index in [2.05, 4.69) is 9.97 Å². The fraction of sp³-hybridized carbons (Fsp3) is 0.500. The number of rotatable bonds is 4. The Balaban J connectivity index is 2.33. The summed E-state index contributed by atoms with van der Waals surface area (Å²) in [6.07, 6.45) is -2.16. The molecule has 1 aliphatic heterocycles. The van der Waals surface area contributed by atoms with Gasteiger partial charge in [-0.3, -0.25) is 19.0 Å². The van der Waals surface area contributed by atoms with Gasteiger partial charge in [0.05, 0.1) is 17.5 Å². The highest BCUT2D eigenvalue weighted by atomic mass is 32.1. The van der Waals surface area contributed by atoms with Crippen molar-refractivity contribution in [1.29, 1.82) is 0 Å². The molecule has 2 aromatic heterocycles. The maximum absolute atomic E-state index is 12.5. The van der Waals surface area contributed by atoms with Crippen molar-refractivity contribution in [1.82, 2.24) is 14.5 Å². The molecule has 0 bridgehead atoms. The number of hydrogen-bond donors (Lipinski definition) is 4. The molecule has 1 saturated heterocycles. The number of nitrogens with zero attached hydrogens (tertiary/aromatic N) is 3. The zero-order chi connectivity index (χ0) is 19.4. The lowest BCUT2D eigenvalue weighted by Gasteiger charge is -2.36. The van der Waals surface area contributed by atoms with Crippen molar-refractivity contribution < 1.29 is 29.6 Å². The molecule has 0 saturated carbocycles. The van der Waals surface area contributed by atoms with E-state index in [1.54, 1.807) is 0 Å². The average Bonchev–Trinajstić information content (AvgIpc) is 3.00. The van der Waals surface area contributed by atoms with Crippen LogP contribution in [0.15, 0.2) is 11.0 Å². The maximum Gasteiger partial charge on any atom is 0.311 e. The molecule has 0 amide bonds. The van der Waals surface area contributed by atoms with Crippen LogP contribution in [0.2, 0.25) is 0 Å². The molecule has 0 radical (unpaired) electrons. The number of nitrogens with two attached hydrogens (primary N) is 1. The van der Waals surface area contributed by atoms with Gasteiger partial charge in [0.15, 0.2) is 29.0 Å². The first-order chi connectivity index (χ1) is 12.1. The third kappa shape index (κ3) is 2.17. The van der Waals surface area contributed by atoms with Crippen LogP contribution in [-0.2, 0) is 14.3 Å². The summed E-state index contributed by atoms with van der Waals surface area (Å²) in [6, 6.07) is 0. The summed E-state index contributed by atoms with van der Waals surface area (Å²) in [5.41, 5.74) is -0.0927. The fourth-order valence-corrected chi connectivity index (χ4v) is 4.01. The van der Waals surface area contributed by atoms with Crippen molar-refractivity contribution in [2.45, 2.75) is 37.4 Å². The number of fused-ring (bicyclic) bond motifs is 1. The summed E-state index contributed by atoms with van der Waals surface area (Å²) >= 11 is 0.700. The van der Waals surface area contributed by atoms with Crippen LogP contribution in [0.25, 0.3) is 10.3 Å². The SMILES string of the molecule is CC(=O)[C@@]1(O)[C@@H](CO)O[C@@H](n2c(=O)sc3cnc(N)nc32)[C@@]1(O)C(C)=O. The van der Waals surface area contributed by atoms with Crippen molar-refractivity contribution in [2.75, 3.05) is 12.3 Å². The number of ketones is 2. The third-order valence-corrected chi connectivity index (χ3v) is 5.43. The van der Waals surface area contributed by atoms with Gasteiger partial charge >= 0.3 is 4.87 Å². The van der Waals surface area contributed by atoms with Crippen LogP contribution in [0, 0.1) is 0 Å². The molecule has 3 rings (SSSR count). The molecule has 5 N–H and O–H groups in total. The van der Waals surface area contributed by atoms with Gasteiger partial charge in [-0.1, -0.05) is 11.3 Å². The Morgan fingerprint density at radius 2 is 1.96 bits per heavy atom. The zero-order valence-corrected chi connectivity index (χ0v) is 14.6. The van der Waals surface area contributed by atoms with Gasteiger partial charge in [0.2, 0.25) is 11.5 Å². The summed E-state index contributed by atoms with van der Waals surface area (Å²) in [6.45, 7) is 1.00. The predicted molar refractivity (Wildman–Crippen MR) is 88.3 cm³/mol. The van der Waals surface area contributed by atoms with Gasteiger partial charge < -0.3 is 25.8 Å². The number of nitrogen functional groups attached to an aromatic ring is 1. The normalized spacial score (nSPS) is 31.4. The van der Waals surface area contributed by atoms with E-state index in [4.69, 9.17) is 10.5 Å². The number of ether oxygens (including phenoxy) is 1. The molecule has 0 aliphatic carbocycles. The number of carbonyl (C=O) groups excluding carboxylic acids is 2. The Morgan fingerprint density at radius 3 is 2.50 bits per heavy atom. The first kappa shape index (κ1) is 18.5. The van der Waals surface area contributed by atoms with Gasteiger partial charge in [-0.2, -0.15) is 4.98 Å². The molecule has 0 aromatic carbocycles. The highest BCUT2D eigenvalue weighted by Crippen LogP contribution is 2.47. The number of aromatic nitrogens is 3. The number of anilines is 1. The number of carbonyl (C=O) groups is 2. The Morgan fingerprint density at radius 1 is 1.35 bits per heavy atom. The average molecular weight is 384 g/mol. The second kappa shape index (κ2) is 5.89. The Hall–Kier alpha value is -2.25. The highest BCUT2D eigenvalue weighted by Gasteiger charge is 2.72. The summed E-state index contributed by atoms with van der Waals surface area (Å²) in [4.78, 5) is 43.8. The smallest absolute Gasteiger partial charge is 0.311 e. The van der Waals surface area contributed by atoms with Crippen LogP contribution >= 0.6 is 11.3 Å². The van der Waals surface area contributed by atoms with Crippen LogP contribution < -0.4 is 10.6 Å². The van der Waals surface area contributed by atoms with E-state index >= 15 is 0 Å². The van der Waals surface area contributed by atoms with Gasteiger partial charge in [-0.05, 0) is 13.8 Å². The molecular weight excluding hydrogens is 368 g/mol. The number of Topliss-reactive ketones (excluding diaryl/α,β-unsaturated/α-hetero) is 2. The summed E-state index contributed by atoms with van der Waals surface area (Å²) in [5, 5.41) is 31.4. The second-order valence-electron chi connectivity index (χ2n) is 5.96. The summed E-state index contributed by atoms with van der Waals surface area (Å²) < 4.78 is 6.53. The van der Waals surface area contributed by atoms with E-state index in [0.717, 1.165) is 18.4 Å². The van der Waals surface area contributed by atoms with Crippen LogP contribution in [0.1, 0.15) is 20.1 Å². The Kier molecular flexibility index (Phi) is 4.20. The second-order valence-corrected chi connectivity index (χ2v) is 6.95. The Bertz CT molecular complexity index is 972. The first-order valence-electron chi connectivity index (χ1n) is 7.45. The molecule has 1 aliphatic rings. The van der Waals surface area contributed by atoms with Crippen LogP contribution in [0.3, 0.4) is 0 Å². The fourth-order valence-electron chi connectivity index (χ4n) is 3.20. The Labute approximate surface area is 149 Å². The molecule has 3 heterocycles. The van der Waals surface area contributed by atoms with Crippen molar-refractivity contribution in [3.8, 4) is 0 Å². The molecule has 0 spiro atoms. The number of aliphatic hydroxyl groups is 3. The van der Waals surface area contributed by atoms with Gasteiger partial charge in [0, 0.05) is 0 Å². The standard InChI is InChI=1S/C14H16N4O7S/c1-5(20)13(23)8(4-19)25-10(14(13,24)6(2)21)18-9-7(26-12(18)22)3-16-11(15)17-9/h3,8,10,19,23-24H,4H2,1-2H3,(H2,15,16,17)/t8-,10-,13-,14+/m1/s1. The van der Waals surface area contributed by atoms with Crippen LogP contribution in [0.4, 0.5) is 5.95 Å². The van der Waals surface area contributed by atoms with E-state index in [9.17, 15) is 29.7 Å². The van der Waals surface area contributed by atoms with E-state index in [1.807, 2.05) is 0 Å². The van der Waals surface area contributed by atoms with E-state index in [0.29, 0.717) is 11.3 Å². The van der Waals surface area contributed by atoms with Crippen molar-refractivity contribution in [3.05, 3.63) is 15.9 Å². The molecule has 12 heteroatoms. The first-order valence-corrected chi connectivity index (χ1v) is 8.27. The minimum Gasteiger partial charge on any atom is -0.394 e. The molecule has 1 fully saturated rings. The van der Waals surface area contributed by atoms with Gasteiger partial charge in [0.1, 0.15) is 6.10 Å². The number of hydrogen-bond acceptors (Lipinski definition) is 11. The third-order valence-electron chi connectivity index (χ3n) is 4.55. The minimum absolute atomic E-state index is 0.0401. The van der Waals surface area contributed by atoms with E-state index < -0.39 is 46.6 Å². The number of thiazole rings is 1. The maximum atomic E-state index is 12.5. The predicted octanol–water partition coefficient (Wildman–Crippen LogP) is -2.03. The number of aliphatic hydroxyl groups excluding tert-OH is 1. The van der Waals surface area contributed by atoms with Crippen molar-refractivity contribution in [3.63, 3.8) is 0 Å². The van der Waals surface area contributed by atoms with E-state index in [1.165, 1.54) is 6.20 Å². The monoisotopic (exact) mass is 384 g/mol. The molecule has 2 aromatic rings. The lowest BCUT2D eigenvalue weighted by Crippen LogP contribution is -2.66. The van der Waals surface area contributed by atoms with Crippen molar-refractivity contribution in [2.24, 2.45) is 0 Å². The molecule has 26 heavy (non-hydrogen) atoms.